The molecule has 2 aromatic rings. The maximum absolute atomic E-state index is 12.7. The summed E-state index contributed by atoms with van der Waals surface area (Å²) in [6.07, 6.45) is -5.44. The number of ether oxygens (including phenoxy) is 2. The number of carbonyl (C=O) groups is 2. The van der Waals surface area contributed by atoms with Gasteiger partial charge in [0, 0.05) is 0 Å². The summed E-state index contributed by atoms with van der Waals surface area (Å²) in [5, 5.41) is 0. The summed E-state index contributed by atoms with van der Waals surface area (Å²) < 4.78 is 53.0. The third-order valence-corrected chi connectivity index (χ3v) is 3.84. The molecule has 0 saturated heterocycles. The molecule has 138 valence electrons. The van der Waals surface area contributed by atoms with Crippen molar-refractivity contribution in [3.63, 3.8) is 0 Å². The van der Waals surface area contributed by atoms with Crippen molar-refractivity contribution in [2.75, 3.05) is 12.0 Å². The van der Waals surface area contributed by atoms with Gasteiger partial charge in [-0.3, -0.25) is 9.69 Å². The first-order valence-corrected chi connectivity index (χ1v) is 7.57. The van der Waals surface area contributed by atoms with E-state index in [0.29, 0.717) is 5.75 Å². The molecule has 3 rings (SSSR count). The summed E-state index contributed by atoms with van der Waals surface area (Å²) in [6.45, 7) is 1.29. The van der Waals surface area contributed by atoms with Gasteiger partial charge in [0.2, 0.25) is 5.76 Å². The van der Waals surface area contributed by atoms with Gasteiger partial charge < -0.3 is 13.9 Å². The highest BCUT2D eigenvalue weighted by Gasteiger charge is 2.36. The van der Waals surface area contributed by atoms with Gasteiger partial charge in [-0.15, -0.1) is 0 Å². The van der Waals surface area contributed by atoms with Crippen molar-refractivity contribution in [1.82, 2.24) is 0 Å². The number of nitrogens with zero attached hydrogens (tertiary/aromatic N) is 1. The SMILES string of the molecule is COC(=O)c1ccc2c(c1)N(Cc1ccc(C(F)(F)F)o1)C(=O)C(C)O2. The second-order valence-corrected chi connectivity index (χ2v) is 5.62. The predicted octanol–water partition coefficient (Wildman–Crippen LogP) is 3.40. The maximum Gasteiger partial charge on any atom is 0.449 e. The third-order valence-electron chi connectivity index (χ3n) is 3.84. The standard InChI is InChI=1S/C17H14F3NO5/c1-9-15(22)21(8-11-4-6-14(26-11)17(18,19)20)12-7-10(16(23)24-2)3-5-13(12)25-9/h3-7,9H,8H2,1-2H3. The summed E-state index contributed by atoms with van der Waals surface area (Å²) in [7, 11) is 1.21. The highest BCUT2D eigenvalue weighted by Crippen LogP contribution is 2.37. The van der Waals surface area contributed by atoms with Crippen molar-refractivity contribution < 1.29 is 36.7 Å². The van der Waals surface area contributed by atoms with Crippen LogP contribution in [0.2, 0.25) is 0 Å². The van der Waals surface area contributed by atoms with Gasteiger partial charge in [0.05, 0.1) is 24.9 Å². The minimum Gasteiger partial charge on any atom is -0.479 e. The number of anilines is 1. The van der Waals surface area contributed by atoms with Crippen molar-refractivity contribution >= 4 is 17.6 Å². The van der Waals surface area contributed by atoms with Crippen LogP contribution in [0.25, 0.3) is 0 Å². The van der Waals surface area contributed by atoms with E-state index < -0.39 is 29.9 Å². The molecule has 0 radical (unpaired) electrons. The Morgan fingerprint density at radius 1 is 1.27 bits per heavy atom. The number of hydrogen-bond acceptors (Lipinski definition) is 5. The molecule has 2 heterocycles. The number of fused-ring (bicyclic) bond motifs is 1. The first-order chi connectivity index (χ1) is 12.2. The Kier molecular flexibility index (Phi) is 4.39. The molecule has 0 N–H and O–H groups in total. The molecule has 0 saturated carbocycles. The Morgan fingerprint density at radius 3 is 2.62 bits per heavy atom. The monoisotopic (exact) mass is 369 g/mol. The molecule has 0 bridgehead atoms. The van der Waals surface area contributed by atoms with Gasteiger partial charge in [-0.1, -0.05) is 0 Å². The molecule has 0 fully saturated rings. The van der Waals surface area contributed by atoms with E-state index in [1.54, 1.807) is 0 Å². The molecular weight excluding hydrogens is 355 g/mol. The molecule has 1 atom stereocenters. The normalized spacial score (nSPS) is 16.9. The smallest absolute Gasteiger partial charge is 0.449 e. The molecule has 0 aliphatic carbocycles. The van der Waals surface area contributed by atoms with Crippen LogP contribution in [-0.2, 0) is 22.3 Å². The lowest BCUT2D eigenvalue weighted by molar-refractivity contribution is -0.153. The molecule has 26 heavy (non-hydrogen) atoms. The summed E-state index contributed by atoms with van der Waals surface area (Å²) in [5.41, 5.74) is 0.429. The summed E-state index contributed by atoms with van der Waals surface area (Å²) >= 11 is 0. The zero-order valence-corrected chi connectivity index (χ0v) is 13.8. The molecule has 1 unspecified atom stereocenters. The largest absolute Gasteiger partial charge is 0.479 e. The van der Waals surface area contributed by atoms with Crippen LogP contribution in [0.4, 0.5) is 18.9 Å². The molecule has 1 aliphatic rings. The van der Waals surface area contributed by atoms with Crippen LogP contribution in [0.1, 0.15) is 28.8 Å². The van der Waals surface area contributed by atoms with E-state index in [1.807, 2.05) is 0 Å². The van der Waals surface area contributed by atoms with Gasteiger partial charge in [-0.05, 0) is 37.3 Å². The molecular formula is C17H14F3NO5. The number of rotatable bonds is 3. The Hall–Kier alpha value is -2.97. The second kappa shape index (κ2) is 6.40. The van der Waals surface area contributed by atoms with E-state index in [-0.39, 0.29) is 23.6 Å². The van der Waals surface area contributed by atoms with Crippen LogP contribution in [0.3, 0.4) is 0 Å². The zero-order valence-electron chi connectivity index (χ0n) is 13.8. The third kappa shape index (κ3) is 3.24. The van der Waals surface area contributed by atoms with Crippen LogP contribution in [0, 0.1) is 0 Å². The number of esters is 1. The topological polar surface area (TPSA) is 69.0 Å². The van der Waals surface area contributed by atoms with Gasteiger partial charge in [0.15, 0.2) is 6.10 Å². The van der Waals surface area contributed by atoms with E-state index in [0.717, 1.165) is 12.1 Å². The number of halogens is 3. The molecule has 1 aromatic heterocycles. The van der Waals surface area contributed by atoms with Crippen LogP contribution in [-0.4, -0.2) is 25.1 Å². The van der Waals surface area contributed by atoms with Crippen LogP contribution < -0.4 is 9.64 Å². The van der Waals surface area contributed by atoms with E-state index in [9.17, 15) is 22.8 Å². The van der Waals surface area contributed by atoms with Gasteiger partial charge in [-0.25, -0.2) is 4.79 Å². The van der Waals surface area contributed by atoms with Crippen molar-refractivity contribution in [2.45, 2.75) is 25.7 Å². The fraction of sp³-hybridized carbons (Fsp3) is 0.294. The van der Waals surface area contributed by atoms with Gasteiger partial charge in [-0.2, -0.15) is 13.2 Å². The number of benzene rings is 1. The Balaban J connectivity index is 1.97. The van der Waals surface area contributed by atoms with Crippen molar-refractivity contribution in [1.29, 1.82) is 0 Å². The lowest BCUT2D eigenvalue weighted by atomic mass is 10.1. The van der Waals surface area contributed by atoms with Crippen molar-refractivity contribution in [3.8, 4) is 5.75 Å². The molecule has 6 nitrogen and oxygen atoms in total. The number of carbonyl (C=O) groups excluding carboxylic acids is 2. The van der Waals surface area contributed by atoms with E-state index >= 15 is 0 Å². The lowest BCUT2D eigenvalue weighted by Gasteiger charge is -2.32. The number of amides is 1. The van der Waals surface area contributed by atoms with E-state index in [4.69, 9.17) is 9.15 Å². The van der Waals surface area contributed by atoms with E-state index in [1.165, 1.54) is 37.1 Å². The lowest BCUT2D eigenvalue weighted by Crippen LogP contribution is -2.44. The number of methoxy groups -OCH3 is 1. The molecule has 1 amide bonds. The quantitative estimate of drug-likeness (QED) is 0.776. The Morgan fingerprint density at radius 2 is 2.00 bits per heavy atom. The molecule has 1 aromatic carbocycles. The maximum atomic E-state index is 12.7. The first-order valence-electron chi connectivity index (χ1n) is 7.57. The molecule has 1 aliphatic heterocycles. The van der Waals surface area contributed by atoms with Crippen LogP contribution in [0.5, 0.6) is 5.75 Å². The van der Waals surface area contributed by atoms with Gasteiger partial charge in [0.1, 0.15) is 11.5 Å². The Bertz CT molecular complexity index is 858. The summed E-state index contributed by atoms with van der Waals surface area (Å²) in [5.74, 6) is -1.95. The predicted molar refractivity (Wildman–Crippen MR) is 82.8 cm³/mol. The van der Waals surface area contributed by atoms with E-state index in [2.05, 4.69) is 4.74 Å². The van der Waals surface area contributed by atoms with Crippen LogP contribution >= 0.6 is 0 Å². The molecule has 9 heteroatoms. The summed E-state index contributed by atoms with van der Waals surface area (Å²) in [4.78, 5) is 25.4. The molecule has 0 spiro atoms. The highest BCUT2D eigenvalue weighted by molar-refractivity contribution is 6.01. The zero-order chi connectivity index (χ0) is 19.1. The minimum absolute atomic E-state index is 0.0470. The second-order valence-electron chi connectivity index (χ2n) is 5.62. The average molecular weight is 369 g/mol. The average Bonchev–Trinajstić information content (AvgIpc) is 3.07. The highest BCUT2D eigenvalue weighted by atomic mass is 19.4. The minimum atomic E-state index is -4.61. The van der Waals surface area contributed by atoms with Crippen molar-refractivity contribution in [2.24, 2.45) is 0 Å². The van der Waals surface area contributed by atoms with Crippen LogP contribution in [0.15, 0.2) is 34.7 Å². The van der Waals surface area contributed by atoms with Gasteiger partial charge in [0.25, 0.3) is 5.91 Å². The van der Waals surface area contributed by atoms with Crippen molar-refractivity contribution in [3.05, 3.63) is 47.4 Å². The van der Waals surface area contributed by atoms with Gasteiger partial charge >= 0.3 is 12.1 Å². The number of alkyl halides is 3. The summed E-state index contributed by atoms with van der Waals surface area (Å²) in [6, 6.07) is 6.31. The Labute approximate surface area is 146 Å². The first kappa shape index (κ1) is 17.8. The fourth-order valence-electron chi connectivity index (χ4n) is 2.59. The fourth-order valence-corrected chi connectivity index (χ4v) is 2.59. The number of furan rings is 1. The number of hydrogen-bond donors (Lipinski definition) is 0.